The fraction of sp³-hybridized carbons (Fsp3) is 0.417. The largest absolute Gasteiger partial charge is 0.491 e. The van der Waals surface area contributed by atoms with Crippen molar-refractivity contribution in [2.75, 3.05) is 32.2 Å². The van der Waals surface area contributed by atoms with Gasteiger partial charge >= 0.3 is 0 Å². The number of alkyl halides is 1. The fourth-order valence-corrected chi connectivity index (χ4v) is 3.79. The Morgan fingerprint density at radius 3 is 2.32 bits per heavy atom. The van der Waals surface area contributed by atoms with Crippen LogP contribution in [-0.4, -0.2) is 64.8 Å². The highest BCUT2D eigenvalue weighted by molar-refractivity contribution is 6.32. The van der Waals surface area contributed by atoms with Crippen LogP contribution in [0.1, 0.15) is 25.0 Å². The van der Waals surface area contributed by atoms with Gasteiger partial charge in [0.25, 0.3) is 0 Å². The van der Waals surface area contributed by atoms with Crippen molar-refractivity contribution < 1.29 is 24.8 Å². The molecule has 0 aliphatic carbocycles. The Morgan fingerprint density at radius 2 is 1.68 bits per heavy atom. The smallest absolute Gasteiger partial charge is 0.138 e. The van der Waals surface area contributed by atoms with Crippen molar-refractivity contribution in [1.82, 2.24) is 16.0 Å². The lowest BCUT2D eigenvalue weighted by molar-refractivity contribution is 0.0600. The van der Waals surface area contributed by atoms with Crippen LogP contribution in [0.25, 0.3) is 0 Å². The first kappa shape index (κ1) is 26.4. The summed E-state index contributed by atoms with van der Waals surface area (Å²) in [6, 6.07) is 13.3. The molecule has 8 nitrogen and oxygen atoms in total. The number of nitrogens with one attached hydrogen (secondary N) is 2. The number of ether oxygens (including phenoxy) is 2. The molecule has 2 aromatic rings. The van der Waals surface area contributed by atoms with Crippen LogP contribution in [0, 0.1) is 0 Å². The highest BCUT2D eigenvalue weighted by Gasteiger charge is 2.24. The van der Waals surface area contributed by atoms with Gasteiger partial charge in [0.05, 0.1) is 29.8 Å². The molecule has 0 fully saturated rings. The standard InChI is InChI=1S/C24H31Cl2N3O5/c1-24(2,17-5-8-23(22(26)9-17)34-14-19(31)10-25)16-3-6-21(7-4-16)33-15-20(32)12-29-18(13-30)11-27-28-29/h3-9,11,19-20,27-28,30-32H,10,12-15H2,1-2H3/t19-,20+/m0/s1. The molecule has 1 aliphatic heterocycles. The maximum atomic E-state index is 10.3. The van der Waals surface area contributed by atoms with Crippen LogP contribution in [0.4, 0.5) is 0 Å². The number of β-amino-alcohol motifs (C(OH)–C–C–N with tert-alkyl or cyclic N) is 1. The average Bonchev–Trinajstić information content (AvgIpc) is 3.28. The maximum Gasteiger partial charge on any atom is 0.138 e. The first-order chi connectivity index (χ1) is 16.2. The van der Waals surface area contributed by atoms with E-state index >= 15 is 0 Å². The van der Waals surface area contributed by atoms with Crippen LogP contribution in [0.3, 0.4) is 0 Å². The first-order valence-corrected chi connectivity index (χ1v) is 11.8. The third-order valence-electron chi connectivity index (χ3n) is 5.62. The van der Waals surface area contributed by atoms with E-state index in [1.807, 2.05) is 36.4 Å². The SMILES string of the molecule is CC(C)(c1ccc(OC[C@H](O)CN2NNC=C2CO)cc1)c1ccc(OC[C@@H](O)CCl)c(Cl)c1. The fourth-order valence-electron chi connectivity index (χ4n) is 3.46. The summed E-state index contributed by atoms with van der Waals surface area (Å²) in [5.74, 6) is 1.23. The van der Waals surface area contributed by atoms with E-state index in [9.17, 15) is 15.3 Å². The third-order valence-corrected chi connectivity index (χ3v) is 6.27. The van der Waals surface area contributed by atoms with E-state index in [0.29, 0.717) is 22.2 Å². The lowest BCUT2D eigenvalue weighted by Gasteiger charge is -2.27. The topological polar surface area (TPSA) is 106 Å². The van der Waals surface area contributed by atoms with Gasteiger partial charge in [0.1, 0.15) is 36.9 Å². The number of hydrogen-bond donors (Lipinski definition) is 5. The minimum absolute atomic E-state index is 0.0762. The van der Waals surface area contributed by atoms with Crippen molar-refractivity contribution in [3.63, 3.8) is 0 Å². The van der Waals surface area contributed by atoms with E-state index in [2.05, 4.69) is 24.8 Å². The molecule has 186 valence electrons. The van der Waals surface area contributed by atoms with Crippen LogP contribution >= 0.6 is 23.2 Å². The quantitative estimate of drug-likeness (QED) is 0.277. The average molecular weight is 512 g/mol. The number of hydrazine groups is 2. The first-order valence-electron chi connectivity index (χ1n) is 10.9. The molecule has 2 atom stereocenters. The number of nitrogens with zero attached hydrogens (tertiary/aromatic N) is 1. The summed E-state index contributed by atoms with van der Waals surface area (Å²) in [5.41, 5.74) is 7.98. The second-order valence-corrected chi connectivity index (χ2v) is 9.25. The number of rotatable bonds is 12. The molecule has 0 saturated carbocycles. The van der Waals surface area contributed by atoms with Gasteiger partial charge in [-0.15, -0.1) is 17.1 Å². The molecule has 2 aromatic carbocycles. The predicted molar refractivity (Wildman–Crippen MR) is 132 cm³/mol. The molecule has 3 rings (SSSR count). The van der Waals surface area contributed by atoms with Crippen molar-refractivity contribution in [2.45, 2.75) is 31.5 Å². The molecule has 0 spiro atoms. The van der Waals surface area contributed by atoms with Crippen LogP contribution < -0.4 is 20.4 Å². The Bertz CT molecular complexity index is 972. The number of aliphatic hydroxyl groups is 3. The Balaban J connectivity index is 1.58. The monoisotopic (exact) mass is 511 g/mol. The van der Waals surface area contributed by atoms with Gasteiger partial charge in [0.15, 0.2) is 0 Å². The molecule has 0 radical (unpaired) electrons. The van der Waals surface area contributed by atoms with Crippen molar-refractivity contribution in [2.24, 2.45) is 0 Å². The number of benzene rings is 2. The maximum absolute atomic E-state index is 10.3. The summed E-state index contributed by atoms with van der Waals surface area (Å²) in [6.45, 7) is 4.50. The molecule has 0 saturated heterocycles. The second kappa shape index (κ2) is 12.0. The van der Waals surface area contributed by atoms with Crippen molar-refractivity contribution in [3.8, 4) is 11.5 Å². The van der Waals surface area contributed by atoms with E-state index < -0.39 is 12.2 Å². The molecule has 0 unspecified atom stereocenters. The summed E-state index contributed by atoms with van der Waals surface area (Å²) in [7, 11) is 0. The molecular weight excluding hydrogens is 481 g/mol. The van der Waals surface area contributed by atoms with E-state index in [4.69, 9.17) is 32.7 Å². The molecule has 10 heteroatoms. The van der Waals surface area contributed by atoms with Gasteiger partial charge in [0.2, 0.25) is 0 Å². The van der Waals surface area contributed by atoms with Gasteiger partial charge in [-0.1, -0.05) is 43.6 Å². The number of aliphatic hydroxyl groups excluding tert-OH is 3. The normalized spacial score (nSPS) is 15.5. The van der Waals surface area contributed by atoms with Crippen molar-refractivity contribution in [1.29, 1.82) is 0 Å². The summed E-state index contributed by atoms with van der Waals surface area (Å²) in [6.07, 6.45) is 0.125. The van der Waals surface area contributed by atoms with Gasteiger partial charge in [-0.2, -0.15) is 0 Å². The Labute approximate surface area is 209 Å². The van der Waals surface area contributed by atoms with E-state index in [-0.39, 0.29) is 37.7 Å². The van der Waals surface area contributed by atoms with Crippen molar-refractivity contribution >= 4 is 23.2 Å². The lowest BCUT2D eigenvalue weighted by atomic mass is 9.78. The molecule has 0 amide bonds. The molecule has 0 bridgehead atoms. The van der Waals surface area contributed by atoms with Gasteiger partial charge in [-0.25, -0.2) is 0 Å². The van der Waals surface area contributed by atoms with Crippen LogP contribution in [0.5, 0.6) is 11.5 Å². The molecule has 0 aromatic heterocycles. The van der Waals surface area contributed by atoms with Gasteiger partial charge in [-0.3, -0.25) is 5.01 Å². The van der Waals surface area contributed by atoms with Gasteiger partial charge in [0, 0.05) is 11.6 Å². The Kier molecular flexibility index (Phi) is 9.30. The summed E-state index contributed by atoms with van der Waals surface area (Å²) < 4.78 is 11.3. The highest BCUT2D eigenvalue weighted by Crippen LogP contribution is 2.36. The molecule has 5 N–H and O–H groups in total. The van der Waals surface area contributed by atoms with E-state index in [1.165, 1.54) is 0 Å². The second-order valence-electron chi connectivity index (χ2n) is 8.54. The molecule has 1 heterocycles. The summed E-state index contributed by atoms with van der Waals surface area (Å²) in [4.78, 5) is 0. The molecule has 34 heavy (non-hydrogen) atoms. The van der Waals surface area contributed by atoms with Crippen LogP contribution in [0.2, 0.25) is 5.02 Å². The lowest BCUT2D eigenvalue weighted by Crippen LogP contribution is -2.44. The zero-order chi connectivity index (χ0) is 24.7. The number of halogens is 2. The van der Waals surface area contributed by atoms with E-state index in [0.717, 1.165) is 11.1 Å². The minimum atomic E-state index is -0.758. The number of hydrogen-bond acceptors (Lipinski definition) is 8. The van der Waals surface area contributed by atoms with E-state index in [1.54, 1.807) is 17.3 Å². The molecule has 1 aliphatic rings. The molecular formula is C24H31Cl2N3O5. The predicted octanol–water partition coefficient (Wildman–Crippen LogP) is 2.54. The van der Waals surface area contributed by atoms with Gasteiger partial charge in [-0.05, 0) is 35.4 Å². The Morgan fingerprint density at radius 1 is 1.00 bits per heavy atom. The highest BCUT2D eigenvalue weighted by atomic mass is 35.5. The zero-order valence-electron chi connectivity index (χ0n) is 19.2. The third kappa shape index (κ3) is 6.69. The minimum Gasteiger partial charge on any atom is -0.491 e. The summed E-state index contributed by atoms with van der Waals surface area (Å²) >= 11 is 12.0. The Hall–Kier alpha value is -2.20. The van der Waals surface area contributed by atoms with Gasteiger partial charge < -0.3 is 30.2 Å². The van der Waals surface area contributed by atoms with Crippen LogP contribution in [0.15, 0.2) is 54.4 Å². The summed E-state index contributed by atoms with van der Waals surface area (Å²) in [5, 5.41) is 31.2. The zero-order valence-corrected chi connectivity index (χ0v) is 20.7. The van der Waals surface area contributed by atoms with Crippen molar-refractivity contribution in [3.05, 3.63) is 70.5 Å². The van der Waals surface area contributed by atoms with Crippen LogP contribution in [-0.2, 0) is 5.41 Å².